The molecule has 1 rings (SSSR count). The average molecular weight is 333 g/mol. The number of rotatable bonds is 5. The van der Waals surface area contributed by atoms with Crippen LogP contribution in [-0.2, 0) is 10.0 Å². The van der Waals surface area contributed by atoms with Gasteiger partial charge in [0.15, 0.2) is 0 Å². The summed E-state index contributed by atoms with van der Waals surface area (Å²) in [6, 6.07) is 3.44. The Balaban J connectivity index is 3.45. The maximum absolute atomic E-state index is 12.7. The lowest BCUT2D eigenvalue weighted by Gasteiger charge is -2.33. The Morgan fingerprint density at radius 3 is 2.43 bits per heavy atom. The van der Waals surface area contributed by atoms with E-state index in [0.717, 1.165) is 6.07 Å². The molecule has 0 saturated carbocycles. The predicted molar refractivity (Wildman–Crippen MR) is 81.9 cm³/mol. The summed E-state index contributed by atoms with van der Waals surface area (Å²) in [5, 5.41) is 10.8. The van der Waals surface area contributed by atoms with Crippen molar-refractivity contribution in [3.8, 4) is 0 Å². The fourth-order valence-corrected chi connectivity index (χ4v) is 3.73. The summed E-state index contributed by atoms with van der Waals surface area (Å²) in [4.78, 5) is 10.0. The summed E-state index contributed by atoms with van der Waals surface area (Å²) in [7, 11) is -3.89. The molecule has 116 valence electrons. The first-order valence-electron chi connectivity index (χ1n) is 6.09. The van der Waals surface area contributed by atoms with Gasteiger partial charge in [-0.2, -0.15) is 4.31 Å². The summed E-state index contributed by atoms with van der Waals surface area (Å²) in [5.41, 5.74) is -1.13. The van der Waals surface area contributed by atoms with Gasteiger partial charge in [-0.25, -0.2) is 8.42 Å². The molecule has 1 aromatic rings. The number of hydrogen-bond acceptors (Lipinski definition) is 4. The molecule has 0 heterocycles. The van der Waals surface area contributed by atoms with Crippen LogP contribution in [0.15, 0.2) is 35.7 Å². The molecular weight excluding hydrogens is 316 g/mol. The number of sulfonamides is 1. The van der Waals surface area contributed by atoms with Crippen LogP contribution in [0, 0.1) is 10.1 Å². The first-order chi connectivity index (χ1) is 9.51. The van der Waals surface area contributed by atoms with Gasteiger partial charge in [-0.1, -0.05) is 17.7 Å². The Morgan fingerprint density at radius 1 is 1.43 bits per heavy atom. The molecule has 21 heavy (non-hydrogen) atoms. The van der Waals surface area contributed by atoms with Crippen molar-refractivity contribution in [3.05, 3.63) is 46.0 Å². The second-order valence-corrected chi connectivity index (χ2v) is 7.64. The molecule has 0 aliphatic rings. The lowest BCUT2D eigenvalue weighted by molar-refractivity contribution is -0.384. The van der Waals surface area contributed by atoms with Crippen molar-refractivity contribution in [1.29, 1.82) is 0 Å². The number of hydrogen-bond donors (Lipinski definition) is 0. The Labute approximate surface area is 129 Å². The first-order valence-corrected chi connectivity index (χ1v) is 7.91. The van der Waals surface area contributed by atoms with Crippen molar-refractivity contribution in [2.75, 3.05) is 6.54 Å². The minimum absolute atomic E-state index is 0.0995. The van der Waals surface area contributed by atoms with Crippen molar-refractivity contribution in [2.24, 2.45) is 0 Å². The summed E-state index contributed by atoms with van der Waals surface area (Å²) in [6.45, 7) is 8.85. The van der Waals surface area contributed by atoms with Crippen LogP contribution < -0.4 is 0 Å². The zero-order valence-corrected chi connectivity index (χ0v) is 13.6. The molecule has 8 heteroatoms. The molecule has 6 nitrogen and oxygen atoms in total. The van der Waals surface area contributed by atoms with E-state index in [-0.39, 0.29) is 16.5 Å². The summed E-state index contributed by atoms with van der Waals surface area (Å²) >= 11 is 5.71. The molecule has 0 radical (unpaired) electrons. The summed E-state index contributed by atoms with van der Waals surface area (Å²) < 4.78 is 26.6. The Morgan fingerprint density at radius 2 is 2.00 bits per heavy atom. The van der Waals surface area contributed by atoms with Crippen LogP contribution in [0.1, 0.15) is 20.8 Å². The van der Waals surface area contributed by atoms with Crippen molar-refractivity contribution in [3.63, 3.8) is 0 Å². The van der Waals surface area contributed by atoms with Gasteiger partial charge >= 0.3 is 0 Å². The maximum Gasteiger partial charge on any atom is 0.289 e. The highest BCUT2D eigenvalue weighted by Gasteiger charge is 2.34. The topological polar surface area (TPSA) is 80.5 Å². The van der Waals surface area contributed by atoms with Gasteiger partial charge in [0.25, 0.3) is 5.69 Å². The van der Waals surface area contributed by atoms with E-state index < -0.39 is 26.2 Å². The number of nitro benzene ring substituents is 1. The van der Waals surface area contributed by atoms with Gasteiger partial charge in [0.2, 0.25) is 10.0 Å². The quantitative estimate of drug-likeness (QED) is 0.471. The van der Waals surface area contributed by atoms with Gasteiger partial charge in [-0.3, -0.25) is 10.1 Å². The van der Waals surface area contributed by atoms with Crippen molar-refractivity contribution >= 4 is 27.3 Å². The fraction of sp³-hybridized carbons (Fsp3) is 0.385. The molecule has 0 bridgehead atoms. The lowest BCUT2D eigenvalue weighted by atomic mass is 10.1. The molecule has 0 aliphatic heterocycles. The molecule has 0 amide bonds. The highest BCUT2D eigenvalue weighted by Crippen LogP contribution is 2.30. The van der Waals surface area contributed by atoms with E-state index in [1.807, 2.05) is 0 Å². The molecule has 0 aromatic heterocycles. The van der Waals surface area contributed by atoms with E-state index in [1.165, 1.54) is 22.5 Å². The van der Waals surface area contributed by atoms with E-state index in [2.05, 4.69) is 6.58 Å². The van der Waals surface area contributed by atoms with Crippen LogP contribution in [0.4, 0.5) is 5.69 Å². The molecule has 0 saturated heterocycles. The third kappa shape index (κ3) is 3.81. The van der Waals surface area contributed by atoms with E-state index in [1.54, 1.807) is 20.8 Å². The van der Waals surface area contributed by atoms with Gasteiger partial charge in [-0.15, -0.1) is 6.58 Å². The zero-order valence-electron chi connectivity index (χ0n) is 12.0. The molecule has 0 aliphatic carbocycles. The number of nitro groups is 1. The third-order valence-electron chi connectivity index (χ3n) is 2.75. The van der Waals surface area contributed by atoms with Crippen molar-refractivity contribution in [1.82, 2.24) is 4.31 Å². The van der Waals surface area contributed by atoms with Gasteiger partial charge < -0.3 is 0 Å². The van der Waals surface area contributed by atoms with Crippen LogP contribution in [-0.4, -0.2) is 29.7 Å². The summed E-state index contributed by atoms with van der Waals surface area (Å²) in [5.74, 6) is 0. The van der Waals surface area contributed by atoms with Crippen LogP contribution in [0.5, 0.6) is 0 Å². The molecule has 0 spiro atoms. The average Bonchev–Trinajstić information content (AvgIpc) is 2.34. The largest absolute Gasteiger partial charge is 0.289 e. The zero-order chi connectivity index (χ0) is 16.4. The lowest BCUT2D eigenvalue weighted by Crippen LogP contribution is -2.45. The number of halogens is 1. The Hall–Kier alpha value is -1.44. The second-order valence-electron chi connectivity index (χ2n) is 5.37. The highest BCUT2D eigenvalue weighted by atomic mass is 35.5. The van der Waals surface area contributed by atoms with Crippen LogP contribution in [0.2, 0.25) is 5.02 Å². The highest BCUT2D eigenvalue weighted by molar-refractivity contribution is 7.89. The van der Waals surface area contributed by atoms with Crippen LogP contribution in [0.25, 0.3) is 0 Å². The van der Waals surface area contributed by atoms with Crippen molar-refractivity contribution in [2.45, 2.75) is 31.2 Å². The molecule has 1 aromatic carbocycles. The first kappa shape index (κ1) is 17.6. The van der Waals surface area contributed by atoms with Gasteiger partial charge in [0.1, 0.15) is 5.02 Å². The van der Waals surface area contributed by atoms with Gasteiger partial charge in [-0.05, 0) is 32.9 Å². The molecule has 0 unspecified atom stereocenters. The van der Waals surface area contributed by atoms with Gasteiger partial charge in [0.05, 0.1) is 9.82 Å². The van der Waals surface area contributed by atoms with Gasteiger partial charge in [0, 0.05) is 18.2 Å². The monoisotopic (exact) mass is 332 g/mol. The third-order valence-corrected chi connectivity index (χ3v) is 5.19. The predicted octanol–water partition coefficient (Wildman–Crippen LogP) is 3.22. The second kappa shape index (κ2) is 6.13. The standard InChI is InChI=1S/C13H17ClN2O4S/c1-5-8-15(13(2,3)4)21(19,20)10-6-7-11(14)12(9-10)16(17)18/h5-7,9H,1,8H2,2-4H3. The van der Waals surface area contributed by atoms with Crippen LogP contribution in [0.3, 0.4) is 0 Å². The van der Waals surface area contributed by atoms with Crippen molar-refractivity contribution < 1.29 is 13.3 Å². The SMILES string of the molecule is C=CCN(C(C)(C)C)S(=O)(=O)c1ccc(Cl)c([N+](=O)[O-])c1. The van der Waals surface area contributed by atoms with E-state index >= 15 is 0 Å². The minimum atomic E-state index is -3.89. The minimum Gasteiger partial charge on any atom is -0.258 e. The van der Waals surface area contributed by atoms with E-state index in [9.17, 15) is 18.5 Å². The number of nitrogens with zero attached hydrogens (tertiary/aromatic N) is 2. The molecule has 0 N–H and O–H groups in total. The van der Waals surface area contributed by atoms with Crippen LogP contribution >= 0.6 is 11.6 Å². The number of benzene rings is 1. The fourth-order valence-electron chi connectivity index (χ4n) is 1.77. The summed E-state index contributed by atoms with van der Waals surface area (Å²) in [6.07, 6.45) is 1.47. The maximum atomic E-state index is 12.7. The Kier molecular flexibility index (Phi) is 5.14. The Bertz CT molecular complexity index is 665. The van der Waals surface area contributed by atoms with E-state index in [4.69, 9.17) is 11.6 Å². The normalized spacial score (nSPS) is 12.4. The molecule has 0 fully saturated rings. The smallest absolute Gasteiger partial charge is 0.258 e. The van der Waals surface area contributed by atoms with E-state index in [0.29, 0.717) is 0 Å². The molecular formula is C13H17ClN2O4S. The molecule has 0 atom stereocenters.